The van der Waals surface area contributed by atoms with Crippen LogP contribution in [0.25, 0.3) is 0 Å². The van der Waals surface area contributed by atoms with Crippen LogP contribution in [-0.4, -0.2) is 28.7 Å². The summed E-state index contributed by atoms with van der Waals surface area (Å²) in [5.74, 6) is -0.267. The highest BCUT2D eigenvalue weighted by molar-refractivity contribution is 5.91. The van der Waals surface area contributed by atoms with Crippen LogP contribution in [0.1, 0.15) is 25.0 Å². The van der Waals surface area contributed by atoms with E-state index in [2.05, 4.69) is 10.3 Å². The van der Waals surface area contributed by atoms with E-state index in [1.54, 1.807) is 0 Å². The molecule has 2 aromatic rings. The first-order valence-electron chi connectivity index (χ1n) is 7.93. The summed E-state index contributed by atoms with van der Waals surface area (Å²) in [6.07, 6.45) is 1.96. The number of anilines is 1. The van der Waals surface area contributed by atoms with E-state index in [-0.39, 0.29) is 23.6 Å². The first-order chi connectivity index (χ1) is 11.9. The van der Waals surface area contributed by atoms with Gasteiger partial charge in [-0.1, -0.05) is 0 Å². The molecule has 25 heavy (non-hydrogen) atoms. The van der Waals surface area contributed by atoms with Gasteiger partial charge in [0.1, 0.15) is 5.69 Å². The molecule has 1 amide bonds. The van der Waals surface area contributed by atoms with Crippen molar-refractivity contribution < 1.29 is 22.7 Å². The van der Waals surface area contributed by atoms with Crippen LogP contribution >= 0.6 is 0 Å². The minimum atomic E-state index is -4.50. The SMILES string of the molecule is O=C(CC1(n2cccc2)CCOCC1)Nc1ccc(C(F)(F)F)nc1. The minimum absolute atomic E-state index is 0.214. The highest BCUT2D eigenvalue weighted by Crippen LogP contribution is 2.33. The molecule has 0 aliphatic carbocycles. The number of carbonyl (C=O) groups is 1. The number of nitrogens with zero attached hydrogens (tertiary/aromatic N) is 2. The summed E-state index contributed by atoms with van der Waals surface area (Å²) in [5.41, 5.74) is -1.13. The van der Waals surface area contributed by atoms with Gasteiger partial charge in [-0.25, -0.2) is 4.98 Å². The van der Waals surface area contributed by atoms with Crippen molar-refractivity contribution in [3.63, 3.8) is 0 Å². The first kappa shape index (κ1) is 17.5. The lowest BCUT2D eigenvalue weighted by Crippen LogP contribution is -2.42. The van der Waals surface area contributed by atoms with Crippen molar-refractivity contribution in [2.45, 2.75) is 31.0 Å². The average Bonchev–Trinajstić information content (AvgIpc) is 3.10. The predicted molar refractivity (Wildman–Crippen MR) is 84.9 cm³/mol. The fourth-order valence-corrected chi connectivity index (χ4v) is 3.07. The zero-order chi connectivity index (χ0) is 17.9. The lowest BCUT2D eigenvalue weighted by Gasteiger charge is -2.38. The number of ether oxygens (including phenoxy) is 1. The summed E-state index contributed by atoms with van der Waals surface area (Å²) in [4.78, 5) is 15.8. The van der Waals surface area contributed by atoms with Gasteiger partial charge in [0.2, 0.25) is 5.91 Å². The summed E-state index contributed by atoms with van der Waals surface area (Å²) < 4.78 is 45.0. The van der Waals surface area contributed by atoms with Crippen LogP contribution in [0.2, 0.25) is 0 Å². The Balaban J connectivity index is 1.70. The van der Waals surface area contributed by atoms with E-state index >= 15 is 0 Å². The molecule has 1 saturated heterocycles. The number of aromatic nitrogens is 2. The molecule has 0 bridgehead atoms. The van der Waals surface area contributed by atoms with E-state index in [4.69, 9.17) is 4.74 Å². The van der Waals surface area contributed by atoms with Crippen LogP contribution in [0.15, 0.2) is 42.9 Å². The Labute approximate surface area is 142 Å². The summed E-state index contributed by atoms with van der Waals surface area (Å²) in [6, 6.07) is 5.86. The molecule has 134 valence electrons. The van der Waals surface area contributed by atoms with Gasteiger partial charge in [0.05, 0.1) is 23.8 Å². The van der Waals surface area contributed by atoms with Gasteiger partial charge in [-0.05, 0) is 37.1 Å². The summed E-state index contributed by atoms with van der Waals surface area (Å²) >= 11 is 0. The molecule has 8 heteroatoms. The van der Waals surface area contributed by atoms with Crippen molar-refractivity contribution in [3.05, 3.63) is 48.5 Å². The lowest BCUT2D eigenvalue weighted by atomic mass is 9.86. The quantitative estimate of drug-likeness (QED) is 0.916. The third-order valence-corrected chi connectivity index (χ3v) is 4.40. The van der Waals surface area contributed by atoms with E-state index < -0.39 is 11.9 Å². The zero-order valence-electron chi connectivity index (χ0n) is 13.4. The maximum Gasteiger partial charge on any atom is 0.433 e. The van der Waals surface area contributed by atoms with E-state index in [1.807, 2.05) is 29.1 Å². The monoisotopic (exact) mass is 353 g/mol. The van der Waals surface area contributed by atoms with Crippen LogP contribution < -0.4 is 5.32 Å². The van der Waals surface area contributed by atoms with Gasteiger partial charge in [0.25, 0.3) is 0 Å². The maximum absolute atomic E-state index is 12.5. The fourth-order valence-electron chi connectivity index (χ4n) is 3.07. The van der Waals surface area contributed by atoms with Crippen LogP contribution in [0.3, 0.4) is 0 Å². The molecular weight excluding hydrogens is 335 g/mol. The van der Waals surface area contributed by atoms with E-state index in [9.17, 15) is 18.0 Å². The van der Waals surface area contributed by atoms with E-state index in [0.717, 1.165) is 12.3 Å². The number of amides is 1. The molecule has 0 spiro atoms. The minimum Gasteiger partial charge on any atom is -0.381 e. The van der Waals surface area contributed by atoms with Crippen molar-refractivity contribution in [1.82, 2.24) is 9.55 Å². The van der Waals surface area contributed by atoms with Crippen LogP contribution in [0, 0.1) is 0 Å². The number of nitrogens with one attached hydrogen (secondary N) is 1. The number of rotatable bonds is 4. The van der Waals surface area contributed by atoms with E-state index in [0.29, 0.717) is 26.1 Å². The molecule has 5 nitrogen and oxygen atoms in total. The predicted octanol–water partition coefficient (Wildman–Crippen LogP) is 3.44. The largest absolute Gasteiger partial charge is 0.433 e. The number of pyridine rings is 1. The number of halogens is 3. The number of carbonyl (C=O) groups excluding carboxylic acids is 1. The van der Waals surface area contributed by atoms with Crippen molar-refractivity contribution in [3.8, 4) is 0 Å². The molecule has 0 atom stereocenters. The zero-order valence-corrected chi connectivity index (χ0v) is 13.4. The van der Waals surface area contributed by atoms with Gasteiger partial charge in [0.15, 0.2) is 0 Å². The van der Waals surface area contributed by atoms with Crippen molar-refractivity contribution >= 4 is 11.6 Å². The van der Waals surface area contributed by atoms with Gasteiger partial charge in [-0.2, -0.15) is 13.2 Å². The molecule has 1 N–H and O–H groups in total. The molecule has 0 saturated carbocycles. The first-order valence-corrected chi connectivity index (χ1v) is 7.93. The van der Waals surface area contributed by atoms with Gasteiger partial charge in [-0.3, -0.25) is 4.79 Å². The van der Waals surface area contributed by atoms with Gasteiger partial charge >= 0.3 is 6.18 Å². The second kappa shape index (κ2) is 6.87. The third kappa shape index (κ3) is 4.01. The Kier molecular flexibility index (Phi) is 4.80. The topological polar surface area (TPSA) is 56.1 Å². The maximum atomic E-state index is 12.5. The van der Waals surface area contributed by atoms with Gasteiger partial charge in [0, 0.05) is 25.6 Å². The van der Waals surface area contributed by atoms with Crippen molar-refractivity contribution in [2.75, 3.05) is 18.5 Å². The third-order valence-electron chi connectivity index (χ3n) is 4.40. The number of hydrogen-bond donors (Lipinski definition) is 1. The number of alkyl halides is 3. The average molecular weight is 353 g/mol. The standard InChI is InChI=1S/C17H18F3N3O2/c18-17(19,20)14-4-3-13(12-21-14)22-15(24)11-16(5-9-25-10-6-16)23-7-1-2-8-23/h1-4,7-8,12H,5-6,9-11H2,(H,22,24). The molecule has 1 aliphatic rings. The Morgan fingerprint density at radius 3 is 2.48 bits per heavy atom. The summed E-state index contributed by atoms with van der Waals surface area (Å²) in [5, 5.41) is 2.63. The molecule has 0 radical (unpaired) electrons. The lowest BCUT2D eigenvalue weighted by molar-refractivity contribution is -0.141. The van der Waals surface area contributed by atoms with Crippen LogP contribution in [0.4, 0.5) is 18.9 Å². The van der Waals surface area contributed by atoms with Crippen molar-refractivity contribution in [1.29, 1.82) is 0 Å². The molecule has 2 aromatic heterocycles. The smallest absolute Gasteiger partial charge is 0.381 e. The molecule has 1 aliphatic heterocycles. The molecule has 0 aromatic carbocycles. The molecule has 3 rings (SSSR count). The van der Waals surface area contributed by atoms with Crippen LogP contribution in [0.5, 0.6) is 0 Å². The van der Waals surface area contributed by atoms with Gasteiger partial charge < -0.3 is 14.6 Å². The molecule has 1 fully saturated rings. The van der Waals surface area contributed by atoms with E-state index in [1.165, 1.54) is 6.07 Å². The molecule has 0 unspecified atom stereocenters. The highest BCUT2D eigenvalue weighted by Gasteiger charge is 2.36. The Morgan fingerprint density at radius 2 is 1.92 bits per heavy atom. The van der Waals surface area contributed by atoms with Crippen LogP contribution in [-0.2, 0) is 21.2 Å². The Bertz CT molecular complexity index is 706. The van der Waals surface area contributed by atoms with Crippen molar-refractivity contribution in [2.24, 2.45) is 0 Å². The fraction of sp³-hybridized carbons (Fsp3) is 0.412. The second-order valence-electron chi connectivity index (χ2n) is 6.08. The summed E-state index contributed by atoms with van der Waals surface area (Å²) in [7, 11) is 0. The normalized spacial score (nSPS) is 17.2. The molecular formula is C17H18F3N3O2. The highest BCUT2D eigenvalue weighted by atomic mass is 19.4. The van der Waals surface area contributed by atoms with Gasteiger partial charge in [-0.15, -0.1) is 0 Å². The Morgan fingerprint density at radius 1 is 1.24 bits per heavy atom. The number of hydrogen-bond acceptors (Lipinski definition) is 3. The Hall–Kier alpha value is -2.35. The molecule has 3 heterocycles. The summed E-state index contributed by atoms with van der Waals surface area (Å²) in [6.45, 7) is 1.13. The second-order valence-corrected chi connectivity index (χ2v) is 6.08.